The molecule has 0 saturated carbocycles. The minimum atomic E-state index is -0.466. The van der Waals surface area contributed by atoms with Gasteiger partial charge in [-0.1, -0.05) is 60.3 Å². The number of para-hydroxylation sites is 1. The fourth-order valence-corrected chi connectivity index (χ4v) is 3.29. The van der Waals surface area contributed by atoms with Crippen LogP contribution in [0, 0.1) is 10.1 Å². The van der Waals surface area contributed by atoms with Crippen LogP contribution in [0.5, 0.6) is 0 Å². The molecule has 1 aliphatic heterocycles. The van der Waals surface area contributed by atoms with E-state index in [-0.39, 0.29) is 18.0 Å². The second-order valence-corrected chi connectivity index (χ2v) is 6.44. The van der Waals surface area contributed by atoms with Gasteiger partial charge in [-0.2, -0.15) is 5.10 Å². The van der Waals surface area contributed by atoms with E-state index in [2.05, 4.69) is 15.5 Å². The molecule has 8 heteroatoms. The zero-order valence-corrected chi connectivity index (χ0v) is 13.8. The van der Waals surface area contributed by atoms with Crippen LogP contribution in [0.2, 0.25) is 0 Å². The summed E-state index contributed by atoms with van der Waals surface area (Å²) in [6.45, 7) is 0. The first-order chi connectivity index (χ1) is 12.1. The number of benzene rings is 2. The maximum atomic E-state index is 12.1. The van der Waals surface area contributed by atoms with E-state index in [0.717, 1.165) is 5.56 Å². The lowest BCUT2D eigenvalue weighted by Crippen LogP contribution is -2.26. The van der Waals surface area contributed by atoms with Crippen molar-refractivity contribution in [3.05, 3.63) is 75.8 Å². The average molecular weight is 354 g/mol. The van der Waals surface area contributed by atoms with Gasteiger partial charge in [0.2, 0.25) is 5.91 Å². The molecule has 1 heterocycles. The number of nitrogens with zero attached hydrogens (tertiary/aromatic N) is 3. The molecule has 0 aliphatic carbocycles. The monoisotopic (exact) mass is 354 g/mol. The first kappa shape index (κ1) is 16.8. The summed E-state index contributed by atoms with van der Waals surface area (Å²) < 4.78 is 0. The molecular weight excluding hydrogens is 340 g/mol. The number of hydrogen-bond donors (Lipinski definition) is 1. The summed E-state index contributed by atoms with van der Waals surface area (Å²) in [6.07, 6.45) is 1.85. The molecule has 1 saturated heterocycles. The summed E-state index contributed by atoms with van der Waals surface area (Å²) in [4.78, 5) is 22.7. The third-order valence-corrected chi connectivity index (χ3v) is 4.60. The molecule has 2 aromatic carbocycles. The highest BCUT2D eigenvalue weighted by molar-refractivity contribution is 8.15. The molecule has 1 atom stereocenters. The Labute approximate surface area is 148 Å². The van der Waals surface area contributed by atoms with Crippen molar-refractivity contribution in [3.8, 4) is 0 Å². The zero-order chi connectivity index (χ0) is 17.6. The number of nitrogens with one attached hydrogen (secondary N) is 1. The molecule has 126 valence electrons. The number of nitro groups is 1. The number of amidine groups is 1. The SMILES string of the molecule is O=C1N/C(=N\N=Cc2ccccc2)S[C@H]1Cc1ccccc1[N+](=O)[O-]. The second kappa shape index (κ2) is 7.71. The van der Waals surface area contributed by atoms with Crippen molar-refractivity contribution in [1.82, 2.24) is 5.32 Å². The number of amides is 1. The topological polar surface area (TPSA) is 97.0 Å². The van der Waals surface area contributed by atoms with Gasteiger partial charge in [-0.25, -0.2) is 0 Å². The number of hydrogen-bond acceptors (Lipinski definition) is 6. The Hall–Kier alpha value is -3.00. The lowest BCUT2D eigenvalue weighted by Gasteiger charge is -2.05. The molecule has 0 spiro atoms. The molecule has 25 heavy (non-hydrogen) atoms. The molecule has 3 rings (SSSR count). The standard InChI is InChI=1S/C17H14N4O3S/c22-16-15(10-13-8-4-5-9-14(13)21(23)24)25-17(19-16)20-18-11-12-6-2-1-3-7-12/h1-9,11,15H,10H2,(H,19,20,22)/t15-/m0/s1. The molecule has 1 aliphatic rings. The Balaban J connectivity index is 1.68. The number of nitro benzene ring substituents is 1. The summed E-state index contributed by atoms with van der Waals surface area (Å²) in [6, 6.07) is 15.9. The molecule has 0 radical (unpaired) electrons. The van der Waals surface area contributed by atoms with Gasteiger partial charge in [0.1, 0.15) is 0 Å². The maximum Gasteiger partial charge on any atom is 0.272 e. The third kappa shape index (κ3) is 4.30. The van der Waals surface area contributed by atoms with E-state index in [1.165, 1.54) is 17.8 Å². The van der Waals surface area contributed by atoms with Crippen LogP contribution in [-0.2, 0) is 11.2 Å². The summed E-state index contributed by atoms with van der Waals surface area (Å²) >= 11 is 1.22. The quantitative estimate of drug-likeness (QED) is 0.507. The Kier molecular flexibility index (Phi) is 5.20. The van der Waals surface area contributed by atoms with E-state index in [1.807, 2.05) is 30.3 Å². The summed E-state index contributed by atoms with van der Waals surface area (Å²) in [5.41, 5.74) is 1.44. The fraction of sp³-hybridized carbons (Fsp3) is 0.118. The smallest absolute Gasteiger partial charge is 0.272 e. The number of rotatable bonds is 5. The first-order valence-electron chi connectivity index (χ1n) is 7.49. The fourth-order valence-electron chi connectivity index (χ4n) is 2.33. The Morgan fingerprint density at radius 2 is 1.88 bits per heavy atom. The van der Waals surface area contributed by atoms with Gasteiger partial charge in [-0.05, 0) is 5.56 Å². The molecule has 1 amide bonds. The lowest BCUT2D eigenvalue weighted by molar-refractivity contribution is -0.385. The Morgan fingerprint density at radius 1 is 1.16 bits per heavy atom. The van der Waals surface area contributed by atoms with Crippen molar-refractivity contribution in [2.45, 2.75) is 11.7 Å². The molecule has 0 unspecified atom stereocenters. The maximum absolute atomic E-state index is 12.1. The first-order valence-corrected chi connectivity index (χ1v) is 8.37. The number of carbonyl (C=O) groups excluding carboxylic acids is 1. The molecule has 1 N–H and O–H groups in total. The van der Waals surface area contributed by atoms with Crippen LogP contribution in [0.25, 0.3) is 0 Å². The van der Waals surface area contributed by atoms with Crippen molar-refractivity contribution < 1.29 is 9.72 Å². The highest BCUT2D eigenvalue weighted by atomic mass is 32.2. The van der Waals surface area contributed by atoms with Crippen LogP contribution < -0.4 is 5.32 Å². The highest BCUT2D eigenvalue weighted by Crippen LogP contribution is 2.27. The molecule has 0 aromatic heterocycles. The van der Waals surface area contributed by atoms with Crippen molar-refractivity contribution in [2.75, 3.05) is 0 Å². The van der Waals surface area contributed by atoms with E-state index in [1.54, 1.807) is 24.4 Å². The third-order valence-electron chi connectivity index (χ3n) is 3.53. The Morgan fingerprint density at radius 3 is 2.64 bits per heavy atom. The number of carbonyl (C=O) groups is 1. The minimum Gasteiger partial charge on any atom is -0.303 e. The summed E-state index contributed by atoms with van der Waals surface area (Å²) in [5, 5.41) is 21.6. The van der Waals surface area contributed by atoms with Gasteiger partial charge >= 0.3 is 0 Å². The summed E-state index contributed by atoms with van der Waals surface area (Å²) in [5.74, 6) is -0.225. The summed E-state index contributed by atoms with van der Waals surface area (Å²) in [7, 11) is 0. The van der Waals surface area contributed by atoms with Gasteiger partial charge in [0, 0.05) is 18.1 Å². The van der Waals surface area contributed by atoms with Crippen LogP contribution in [-0.4, -0.2) is 27.5 Å². The molecule has 2 aromatic rings. The van der Waals surface area contributed by atoms with Gasteiger partial charge in [-0.15, -0.1) is 5.10 Å². The van der Waals surface area contributed by atoms with Crippen LogP contribution in [0.1, 0.15) is 11.1 Å². The van der Waals surface area contributed by atoms with Crippen LogP contribution in [0.15, 0.2) is 64.8 Å². The van der Waals surface area contributed by atoms with Crippen LogP contribution in [0.4, 0.5) is 5.69 Å². The van der Waals surface area contributed by atoms with Gasteiger partial charge in [0.15, 0.2) is 5.17 Å². The van der Waals surface area contributed by atoms with E-state index in [9.17, 15) is 14.9 Å². The molecule has 1 fully saturated rings. The van der Waals surface area contributed by atoms with Crippen molar-refractivity contribution >= 4 is 34.7 Å². The van der Waals surface area contributed by atoms with Crippen LogP contribution >= 0.6 is 11.8 Å². The lowest BCUT2D eigenvalue weighted by atomic mass is 10.1. The van der Waals surface area contributed by atoms with Crippen molar-refractivity contribution in [2.24, 2.45) is 10.2 Å². The minimum absolute atomic E-state index is 0.0170. The van der Waals surface area contributed by atoms with E-state index in [0.29, 0.717) is 10.7 Å². The second-order valence-electron chi connectivity index (χ2n) is 5.25. The zero-order valence-electron chi connectivity index (χ0n) is 13.0. The number of thioether (sulfide) groups is 1. The Bertz CT molecular complexity index is 852. The van der Waals surface area contributed by atoms with Crippen LogP contribution in [0.3, 0.4) is 0 Å². The molecule has 0 bridgehead atoms. The van der Waals surface area contributed by atoms with Gasteiger partial charge in [0.05, 0.1) is 16.4 Å². The van der Waals surface area contributed by atoms with E-state index in [4.69, 9.17) is 0 Å². The van der Waals surface area contributed by atoms with Crippen molar-refractivity contribution in [3.63, 3.8) is 0 Å². The van der Waals surface area contributed by atoms with Gasteiger partial charge in [-0.3, -0.25) is 14.9 Å². The van der Waals surface area contributed by atoms with E-state index >= 15 is 0 Å². The predicted octanol–water partition coefficient (Wildman–Crippen LogP) is 2.76. The normalized spacial score (nSPS) is 18.6. The molecular formula is C17H14N4O3S. The molecule has 7 nitrogen and oxygen atoms in total. The average Bonchev–Trinajstić information content (AvgIpc) is 2.96. The largest absolute Gasteiger partial charge is 0.303 e. The predicted molar refractivity (Wildman–Crippen MR) is 97.8 cm³/mol. The van der Waals surface area contributed by atoms with E-state index < -0.39 is 10.2 Å². The highest BCUT2D eigenvalue weighted by Gasteiger charge is 2.32. The van der Waals surface area contributed by atoms with Gasteiger partial charge in [0.25, 0.3) is 5.69 Å². The van der Waals surface area contributed by atoms with Crippen molar-refractivity contribution in [1.29, 1.82) is 0 Å². The van der Waals surface area contributed by atoms with Gasteiger partial charge < -0.3 is 5.32 Å².